The minimum Gasteiger partial charge on any atom is -0.478 e. The maximum atomic E-state index is 11.8. The van der Waals surface area contributed by atoms with Crippen LogP contribution in [0.25, 0.3) is 0 Å². The third-order valence-corrected chi connectivity index (χ3v) is 4.72. The number of esters is 3. The summed E-state index contributed by atoms with van der Waals surface area (Å²) in [4.78, 5) is 45.8. The Hall–Kier alpha value is -2.49. The SMILES string of the molecule is CCOC(=O)[C@@H](N)Cc1ccccc1.CCOC(=O)[C@](C)(N)C(CC)(OC(=O)CN)C(=O)O.P=NP. The van der Waals surface area contributed by atoms with Crippen LogP contribution in [0.5, 0.6) is 0 Å². The predicted octanol–water partition coefficient (Wildman–Crippen LogP) is 1.22. The van der Waals surface area contributed by atoms with E-state index >= 15 is 0 Å². The van der Waals surface area contributed by atoms with E-state index in [4.69, 9.17) is 31.4 Å². The summed E-state index contributed by atoms with van der Waals surface area (Å²) in [7, 11) is 4.89. The Morgan fingerprint density at radius 3 is 2.00 bits per heavy atom. The number of nitrogens with zero attached hydrogens (tertiary/aromatic N) is 1. The van der Waals surface area contributed by atoms with Gasteiger partial charge in [0.2, 0.25) is 5.60 Å². The lowest BCUT2D eigenvalue weighted by molar-refractivity contribution is -0.193. The van der Waals surface area contributed by atoms with Crippen LogP contribution in [0.4, 0.5) is 0 Å². The Labute approximate surface area is 216 Å². The van der Waals surface area contributed by atoms with Crippen molar-refractivity contribution < 1.29 is 38.5 Å². The van der Waals surface area contributed by atoms with Crippen LogP contribution in [0.3, 0.4) is 0 Å². The molecule has 0 aliphatic carbocycles. The third-order valence-electron chi connectivity index (χ3n) is 4.72. The summed E-state index contributed by atoms with van der Waals surface area (Å²) in [6, 6.07) is 9.11. The van der Waals surface area contributed by atoms with Gasteiger partial charge in [0, 0.05) is 0 Å². The van der Waals surface area contributed by atoms with Crippen molar-refractivity contribution in [2.24, 2.45) is 21.7 Å². The molecule has 36 heavy (non-hydrogen) atoms. The molecule has 1 rings (SSSR count). The normalized spacial score (nSPS) is 14.0. The summed E-state index contributed by atoms with van der Waals surface area (Å²) >= 11 is 0. The van der Waals surface area contributed by atoms with Gasteiger partial charge in [-0.15, -0.1) is 0 Å². The fourth-order valence-corrected chi connectivity index (χ4v) is 2.84. The number of carbonyl (C=O) groups is 4. The number of hydrogen-bond acceptors (Lipinski definition) is 11. The monoisotopic (exact) mass is 548 g/mol. The second-order valence-corrected chi connectivity index (χ2v) is 8.30. The first-order chi connectivity index (χ1) is 16.8. The lowest BCUT2D eigenvalue weighted by Gasteiger charge is -2.39. The molecular weight excluding hydrogens is 510 g/mol. The number of carboxylic acid groups (broad SMARTS) is 1. The van der Waals surface area contributed by atoms with Gasteiger partial charge >= 0.3 is 23.9 Å². The molecule has 0 heterocycles. The largest absolute Gasteiger partial charge is 0.478 e. The molecule has 0 aliphatic rings. The molecule has 0 spiro atoms. The van der Waals surface area contributed by atoms with Crippen LogP contribution in [0.1, 0.15) is 39.7 Å². The number of hydrogen-bond donors (Lipinski definition) is 4. The van der Waals surface area contributed by atoms with Crippen LogP contribution in [-0.4, -0.2) is 65.9 Å². The quantitative estimate of drug-likeness (QED) is 0.176. The summed E-state index contributed by atoms with van der Waals surface area (Å²) in [5.41, 5.74) is 13.3. The van der Waals surface area contributed by atoms with Crippen molar-refractivity contribution in [3.05, 3.63) is 35.9 Å². The van der Waals surface area contributed by atoms with Gasteiger partial charge in [-0.3, -0.25) is 14.1 Å². The second kappa shape index (κ2) is 18.7. The summed E-state index contributed by atoms with van der Waals surface area (Å²) in [5.74, 6) is -3.81. The Balaban J connectivity index is 0. The van der Waals surface area contributed by atoms with E-state index in [2.05, 4.69) is 22.9 Å². The highest BCUT2D eigenvalue weighted by Gasteiger charge is 2.59. The predicted molar refractivity (Wildman–Crippen MR) is 140 cm³/mol. The Morgan fingerprint density at radius 1 is 1.11 bits per heavy atom. The lowest BCUT2D eigenvalue weighted by atomic mass is 9.79. The van der Waals surface area contributed by atoms with Crippen molar-refractivity contribution in [2.45, 2.75) is 57.7 Å². The average Bonchev–Trinajstić information content (AvgIpc) is 2.83. The topological polar surface area (TPSA) is 207 Å². The number of carbonyl (C=O) groups excluding carboxylic acids is 3. The number of nitrogens with two attached hydrogens (primary N) is 3. The Morgan fingerprint density at radius 2 is 1.61 bits per heavy atom. The number of benzene rings is 1. The zero-order valence-electron chi connectivity index (χ0n) is 21.1. The first kappa shape index (κ1) is 35.7. The number of rotatable bonds is 11. The van der Waals surface area contributed by atoms with E-state index in [0.29, 0.717) is 13.0 Å². The van der Waals surface area contributed by atoms with Crippen LogP contribution in [0.15, 0.2) is 34.8 Å². The minimum atomic E-state index is -2.23. The summed E-state index contributed by atoms with van der Waals surface area (Å²) in [5, 5.41) is 9.32. The van der Waals surface area contributed by atoms with Gasteiger partial charge in [-0.25, -0.2) is 9.59 Å². The Bertz CT molecular complexity index is 843. The van der Waals surface area contributed by atoms with E-state index in [0.717, 1.165) is 12.5 Å². The molecule has 0 aromatic heterocycles. The van der Waals surface area contributed by atoms with Gasteiger partial charge in [0.1, 0.15) is 6.04 Å². The van der Waals surface area contributed by atoms with Crippen molar-refractivity contribution >= 4 is 42.3 Å². The fraction of sp³-hybridized carbons (Fsp3) is 0.545. The first-order valence-corrected chi connectivity index (χ1v) is 11.9. The molecule has 12 nitrogen and oxygen atoms in total. The molecule has 0 bridgehead atoms. The fourth-order valence-electron chi connectivity index (χ4n) is 2.84. The molecule has 14 heteroatoms. The number of carboxylic acids is 1. The van der Waals surface area contributed by atoms with Crippen LogP contribution in [0, 0.1) is 0 Å². The zero-order chi connectivity index (χ0) is 28.4. The molecule has 1 aromatic carbocycles. The number of aliphatic carboxylic acids is 1. The summed E-state index contributed by atoms with van der Waals surface area (Å²) in [6.45, 7) is 5.78. The van der Waals surface area contributed by atoms with Crippen LogP contribution in [-0.2, 0) is 39.8 Å². The van der Waals surface area contributed by atoms with Gasteiger partial charge < -0.3 is 36.5 Å². The maximum Gasteiger partial charge on any atom is 0.350 e. The van der Waals surface area contributed by atoms with Gasteiger partial charge in [-0.05, 0) is 57.6 Å². The highest BCUT2D eigenvalue weighted by atomic mass is 31.1. The second-order valence-electron chi connectivity index (χ2n) is 7.26. The van der Waals surface area contributed by atoms with Crippen molar-refractivity contribution in [1.29, 1.82) is 0 Å². The van der Waals surface area contributed by atoms with E-state index in [1.54, 1.807) is 13.8 Å². The van der Waals surface area contributed by atoms with Crippen molar-refractivity contribution in [3.8, 4) is 0 Å². The molecule has 4 atom stereocenters. The molecule has 0 amide bonds. The van der Waals surface area contributed by atoms with Gasteiger partial charge in [0.15, 0.2) is 5.54 Å². The van der Waals surface area contributed by atoms with Gasteiger partial charge in [0.05, 0.1) is 19.8 Å². The molecule has 2 unspecified atom stereocenters. The van der Waals surface area contributed by atoms with Gasteiger partial charge in [0.25, 0.3) is 0 Å². The van der Waals surface area contributed by atoms with E-state index in [1.165, 1.54) is 6.92 Å². The smallest absolute Gasteiger partial charge is 0.350 e. The van der Waals surface area contributed by atoms with Crippen LogP contribution < -0.4 is 17.2 Å². The standard InChI is InChI=1S/C11H20N2O6.C11H15NO2.H3NP2/c1-4-11(8(15)16,19-7(14)6-12)10(3,13)9(17)18-5-2;1-2-14-11(13)10(12)8-9-6-4-3-5-7-9;2-1-3/h4-6,12-13H2,1-3H3,(H,15,16);3-7,10H,2,8,12H2,1H3;2H,3H2/t10-,11?;10-;/m00./s1. The molecule has 0 fully saturated rings. The summed E-state index contributed by atoms with van der Waals surface area (Å²) in [6.07, 6.45) is 0.319. The number of ether oxygens (including phenoxy) is 3. The van der Waals surface area contributed by atoms with E-state index in [1.807, 2.05) is 30.3 Å². The molecular formula is C22H38N4O8P2. The minimum absolute atomic E-state index is 0.0237. The van der Waals surface area contributed by atoms with Crippen molar-refractivity contribution in [1.82, 2.24) is 0 Å². The third kappa shape index (κ3) is 11.5. The first-order valence-electron chi connectivity index (χ1n) is 11.0. The van der Waals surface area contributed by atoms with Gasteiger partial charge in [-0.2, -0.15) is 0 Å². The molecule has 7 N–H and O–H groups in total. The molecule has 0 radical (unpaired) electrons. The average molecular weight is 549 g/mol. The van der Waals surface area contributed by atoms with Crippen molar-refractivity contribution in [3.63, 3.8) is 0 Å². The highest BCUT2D eigenvalue weighted by Crippen LogP contribution is 2.30. The van der Waals surface area contributed by atoms with Crippen LogP contribution >= 0.6 is 18.4 Å². The molecule has 0 saturated heterocycles. The molecule has 0 saturated carbocycles. The lowest BCUT2D eigenvalue weighted by Crippen LogP contribution is -2.69. The van der Waals surface area contributed by atoms with Gasteiger partial charge in [-0.1, -0.05) is 37.3 Å². The molecule has 1 aromatic rings. The highest BCUT2D eigenvalue weighted by molar-refractivity contribution is 7.23. The zero-order valence-corrected chi connectivity index (χ0v) is 23.2. The van der Waals surface area contributed by atoms with Crippen LogP contribution in [0.2, 0.25) is 0 Å². The van der Waals surface area contributed by atoms with E-state index in [-0.39, 0.29) is 19.0 Å². The van der Waals surface area contributed by atoms with E-state index < -0.39 is 41.6 Å². The Kier molecular flexibility index (Phi) is 18.6. The molecule has 0 aliphatic heterocycles. The maximum absolute atomic E-state index is 11.8. The molecule has 204 valence electrons. The van der Waals surface area contributed by atoms with E-state index in [9.17, 15) is 24.3 Å². The van der Waals surface area contributed by atoms with Crippen molar-refractivity contribution in [2.75, 3.05) is 19.8 Å². The summed E-state index contributed by atoms with van der Waals surface area (Å²) < 4.78 is 17.6.